The maximum atomic E-state index is 6.26. The van der Waals surface area contributed by atoms with Gasteiger partial charge in [-0.1, -0.05) is 0 Å². The van der Waals surface area contributed by atoms with Crippen molar-refractivity contribution in [2.24, 2.45) is 5.92 Å². The SMILES string of the molecule is Cc1nccc(NC2CC(COc3cc(N4CCOCC4)cc4nccnc34)C2)n1. The maximum absolute atomic E-state index is 6.26. The molecule has 0 unspecified atom stereocenters. The number of hydrogen-bond donors (Lipinski definition) is 1. The zero-order valence-corrected chi connectivity index (χ0v) is 17.1. The number of morpholine rings is 1. The smallest absolute Gasteiger partial charge is 0.149 e. The summed E-state index contributed by atoms with van der Waals surface area (Å²) in [5.74, 6) is 3.01. The molecule has 1 saturated carbocycles. The molecule has 3 aromatic rings. The normalized spacial score (nSPS) is 21.3. The van der Waals surface area contributed by atoms with Crippen LogP contribution in [0.5, 0.6) is 5.75 Å². The average Bonchev–Trinajstić information content (AvgIpc) is 2.75. The van der Waals surface area contributed by atoms with Crippen molar-refractivity contribution in [1.29, 1.82) is 0 Å². The Hall–Kier alpha value is -3.00. The summed E-state index contributed by atoms with van der Waals surface area (Å²) in [7, 11) is 0. The van der Waals surface area contributed by atoms with Crippen molar-refractivity contribution in [3.63, 3.8) is 0 Å². The highest BCUT2D eigenvalue weighted by molar-refractivity contribution is 5.85. The predicted molar refractivity (Wildman–Crippen MR) is 115 cm³/mol. The first-order valence-electron chi connectivity index (χ1n) is 10.5. The lowest BCUT2D eigenvalue weighted by Crippen LogP contribution is -2.38. The Balaban J connectivity index is 1.23. The van der Waals surface area contributed by atoms with E-state index in [0.717, 1.165) is 73.3 Å². The highest BCUT2D eigenvalue weighted by Gasteiger charge is 2.30. The highest BCUT2D eigenvalue weighted by Crippen LogP contribution is 2.33. The summed E-state index contributed by atoms with van der Waals surface area (Å²) in [6.07, 6.45) is 7.37. The first-order chi connectivity index (χ1) is 14.7. The molecule has 2 aromatic heterocycles. The monoisotopic (exact) mass is 406 g/mol. The summed E-state index contributed by atoms with van der Waals surface area (Å²) in [5, 5.41) is 3.48. The fourth-order valence-electron chi connectivity index (χ4n) is 4.09. The largest absolute Gasteiger partial charge is 0.491 e. The molecule has 8 nitrogen and oxygen atoms in total. The van der Waals surface area contributed by atoms with Gasteiger partial charge in [0.1, 0.15) is 22.9 Å². The number of fused-ring (bicyclic) bond motifs is 1. The van der Waals surface area contributed by atoms with Crippen LogP contribution in [0.3, 0.4) is 0 Å². The van der Waals surface area contributed by atoms with Crippen molar-refractivity contribution in [2.45, 2.75) is 25.8 Å². The van der Waals surface area contributed by atoms with Gasteiger partial charge in [-0.3, -0.25) is 4.98 Å². The van der Waals surface area contributed by atoms with E-state index in [1.54, 1.807) is 18.6 Å². The lowest BCUT2D eigenvalue weighted by molar-refractivity contribution is 0.122. The molecule has 1 aliphatic carbocycles. The van der Waals surface area contributed by atoms with Crippen molar-refractivity contribution in [2.75, 3.05) is 43.1 Å². The molecular formula is C22H26N6O2. The summed E-state index contributed by atoms with van der Waals surface area (Å²) >= 11 is 0. The molecule has 2 fully saturated rings. The number of ether oxygens (including phenoxy) is 2. The molecule has 30 heavy (non-hydrogen) atoms. The Kier molecular flexibility index (Phi) is 5.31. The van der Waals surface area contributed by atoms with Gasteiger partial charge in [-0.15, -0.1) is 0 Å². The minimum absolute atomic E-state index is 0.434. The van der Waals surface area contributed by atoms with Gasteiger partial charge in [-0.2, -0.15) is 0 Å². The third-order valence-electron chi connectivity index (χ3n) is 5.74. The van der Waals surface area contributed by atoms with E-state index in [1.807, 2.05) is 13.0 Å². The average molecular weight is 406 g/mol. The topological polar surface area (TPSA) is 85.3 Å². The van der Waals surface area contributed by atoms with E-state index in [1.165, 1.54) is 0 Å². The number of hydrogen-bond acceptors (Lipinski definition) is 8. The minimum atomic E-state index is 0.434. The van der Waals surface area contributed by atoms with Crippen LogP contribution in [0, 0.1) is 12.8 Å². The number of rotatable bonds is 6. The molecule has 8 heteroatoms. The maximum Gasteiger partial charge on any atom is 0.149 e. The Morgan fingerprint density at radius 2 is 1.93 bits per heavy atom. The molecule has 1 aliphatic heterocycles. The Morgan fingerprint density at radius 1 is 1.10 bits per heavy atom. The van der Waals surface area contributed by atoms with Crippen molar-refractivity contribution in [1.82, 2.24) is 19.9 Å². The summed E-state index contributed by atoms with van der Waals surface area (Å²) in [6.45, 7) is 5.83. The highest BCUT2D eigenvalue weighted by atomic mass is 16.5. The number of benzene rings is 1. The first-order valence-corrected chi connectivity index (χ1v) is 10.5. The van der Waals surface area contributed by atoms with E-state index >= 15 is 0 Å². The molecule has 156 valence electrons. The lowest BCUT2D eigenvalue weighted by Gasteiger charge is -2.36. The Morgan fingerprint density at radius 3 is 2.77 bits per heavy atom. The fraction of sp³-hybridized carbons (Fsp3) is 0.455. The fourth-order valence-corrected chi connectivity index (χ4v) is 4.09. The molecule has 2 aliphatic rings. The van der Waals surface area contributed by atoms with Crippen molar-refractivity contribution in [3.8, 4) is 5.75 Å². The zero-order valence-electron chi connectivity index (χ0n) is 17.1. The molecular weight excluding hydrogens is 380 g/mol. The van der Waals surface area contributed by atoms with Crippen molar-refractivity contribution < 1.29 is 9.47 Å². The van der Waals surface area contributed by atoms with Crippen LogP contribution in [0.2, 0.25) is 0 Å². The van der Waals surface area contributed by atoms with Gasteiger partial charge in [0.05, 0.1) is 25.3 Å². The van der Waals surface area contributed by atoms with E-state index in [9.17, 15) is 0 Å². The Bertz CT molecular complexity index is 1020. The van der Waals surface area contributed by atoms with E-state index in [2.05, 4.69) is 42.3 Å². The molecule has 1 N–H and O–H groups in total. The van der Waals surface area contributed by atoms with Gasteiger partial charge in [0.15, 0.2) is 0 Å². The van der Waals surface area contributed by atoms with Gasteiger partial charge >= 0.3 is 0 Å². The summed E-state index contributed by atoms with van der Waals surface area (Å²) in [4.78, 5) is 19.9. The second-order valence-corrected chi connectivity index (χ2v) is 7.95. The van der Waals surface area contributed by atoms with Crippen LogP contribution < -0.4 is 15.0 Å². The lowest BCUT2D eigenvalue weighted by atomic mass is 9.81. The summed E-state index contributed by atoms with van der Waals surface area (Å²) in [6, 6.07) is 6.54. The molecule has 0 bridgehead atoms. The molecule has 0 atom stereocenters. The first kappa shape index (κ1) is 19.0. The number of aryl methyl sites for hydroxylation is 1. The molecule has 1 aromatic carbocycles. The van der Waals surface area contributed by atoms with Crippen molar-refractivity contribution >= 4 is 22.5 Å². The van der Waals surface area contributed by atoms with Gasteiger partial charge in [0.25, 0.3) is 0 Å². The van der Waals surface area contributed by atoms with E-state index in [0.29, 0.717) is 18.6 Å². The minimum Gasteiger partial charge on any atom is -0.491 e. The number of aromatic nitrogens is 4. The number of nitrogens with zero attached hydrogens (tertiary/aromatic N) is 5. The number of nitrogens with one attached hydrogen (secondary N) is 1. The van der Waals surface area contributed by atoms with E-state index < -0.39 is 0 Å². The van der Waals surface area contributed by atoms with Crippen LogP contribution in [-0.4, -0.2) is 58.9 Å². The number of anilines is 2. The van der Waals surface area contributed by atoms with Gasteiger partial charge in [-0.05, 0) is 37.8 Å². The molecule has 3 heterocycles. The van der Waals surface area contributed by atoms with Crippen LogP contribution in [-0.2, 0) is 4.74 Å². The molecule has 0 spiro atoms. The van der Waals surface area contributed by atoms with Gasteiger partial charge < -0.3 is 19.7 Å². The zero-order chi connectivity index (χ0) is 20.3. The van der Waals surface area contributed by atoms with Gasteiger partial charge in [0, 0.05) is 49.5 Å². The summed E-state index contributed by atoms with van der Waals surface area (Å²) < 4.78 is 11.7. The standard InChI is InChI=1S/C22H26N6O2/c1-15-23-3-2-21(26-15)27-17-10-16(11-17)14-30-20-13-18(28-6-8-29-9-7-28)12-19-22(20)25-5-4-24-19/h2-5,12-13,16-17H,6-11,14H2,1H3,(H,23,26,27). The predicted octanol–water partition coefficient (Wildman–Crippen LogP) is 2.83. The molecule has 0 radical (unpaired) electrons. The van der Waals surface area contributed by atoms with E-state index in [4.69, 9.17) is 9.47 Å². The third-order valence-corrected chi connectivity index (χ3v) is 5.74. The molecule has 1 saturated heterocycles. The van der Waals surface area contributed by atoms with Crippen LogP contribution in [0.4, 0.5) is 11.5 Å². The van der Waals surface area contributed by atoms with Crippen molar-refractivity contribution in [3.05, 3.63) is 42.6 Å². The van der Waals surface area contributed by atoms with Gasteiger partial charge in [0.2, 0.25) is 0 Å². The van der Waals surface area contributed by atoms with Crippen LogP contribution in [0.1, 0.15) is 18.7 Å². The van der Waals surface area contributed by atoms with Gasteiger partial charge in [-0.25, -0.2) is 15.0 Å². The van der Waals surface area contributed by atoms with E-state index in [-0.39, 0.29) is 0 Å². The van der Waals surface area contributed by atoms with Crippen LogP contribution in [0.25, 0.3) is 11.0 Å². The molecule has 0 amide bonds. The molecule has 5 rings (SSSR count). The quantitative estimate of drug-likeness (QED) is 0.669. The second kappa shape index (κ2) is 8.39. The second-order valence-electron chi connectivity index (χ2n) is 7.95. The Labute approximate surface area is 175 Å². The van der Waals surface area contributed by atoms with Crippen LogP contribution >= 0.6 is 0 Å². The summed E-state index contributed by atoms with van der Waals surface area (Å²) in [5.41, 5.74) is 2.80. The van der Waals surface area contributed by atoms with Crippen LogP contribution in [0.15, 0.2) is 36.8 Å². The third kappa shape index (κ3) is 4.14.